The smallest absolute Gasteiger partial charge is 0.273 e. The average molecular weight is 240 g/mol. The second kappa shape index (κ2) is 3.61. The molecule has 84 valence electrons. The Morgan fingerprint density at radius 2 is 2.06 bits per heavy atom. The molecular weight excluding hydrogens is 232 g/mol. The normalized spacial score (nSPS) is 11.6. The van der Waals surface area contributed by atoms with Crippen LogP contribution < -0.4 is 5.14 Å². The second-order valence-electron chi connectivity index (χ2n) is 3.00. The summed E-state index contributed by atoms with van der Waals surface area (Å²) < 4.78 is 23.5. The van der Waals surface area contributed by atoms with E-state index in [2.05, 4.69) is 20.2 Å². The third-order valence-electron chi connectivity index (χ3n) is 1.88. The van der Waals surface area contributed by atoms with Gasteiger partial charge in [0.05, 0.1) is 6.20 Å². The van der Waals surface area contributed by atoms with E-state index in [4.69, 9.17) is 5.14 Å². The van der Waals surface area contributed by atoms with Crippen molar-refractivity contribution in [3.05, 3.63) is 18.6 Å². The number of rotatable bonds is 2. The first-order valence-electron chi connectivity index (χ1n) is 4.19. The molecule has 0 aliphatic carbocycles. The standard InChI is InChI=1S/C7H8N6O2S/c1-13-6(5-4-9-2-3-10-5)11-12-7(13)16(8,14)15/h2-4H,1H3,(H2,8,14,15). The predicted molar refractivity (Wildman–Crippen MR) is 53.4 cm³/mol. The maximum atomic E-state index is 11.1. The fourth-order valence-electron chi connectivity index (χ4n) is 1.20. The van der Waals surface area contributed by atoms with Gasteiger partial charge < -0.3 is 0 Å². The fourth-order valence-corrected chi connectivity index (χ4v) is 1.82. The van der Waals surface area contributed by atoms with Crippen LogP contribution in [0.25, 0.3) is 11.5 Å². The molecule has 2 heterocycles. The lowest BCUT2D eigenvalue weighted by molar-refractivity contribution is 0.580. The van der Waals surface area contributed by atoms with Crippen LogP contribution in [-0.2, 0) is 17.1 Å². The molecule has 0 aliphatic rings. The number of hydrogen-bond acceptors (Lipinski definition) is 6. The Hall–Kier alpha value is -1.87. The third kappa shape index (κ3) is 1.77. The molecule has 16 heavy (non-hydrogen) atoms. The van der Waals surface area contributed by atoms with Crippen LogP contribution in [-0.4, -0.2) is 33.2 Å². The summed E-state index contributed by atoms with van der Waals surface area (Å²) in [5, 5.41) is 11.8. The van der Waals surface area contributed by atoms with Crippen molar-refractivity contribution in [1.29, 1.82) is 0 Å². The van der Waals surface area contributed by atoms with Crippen LogP contribution in [0.3, 0.4) is 0 Å². The third-order valence-corrected chi connectivity index (χ3v) is 2.75. The first kappa shape index (κ1) is 10.6. The number of nitrogens with two attached hydrogens (primary N) is 1. The molecule has 8 nitrogen and oxygen atoms in total. The van der Waals surface area contributed by atoms with Crippen LogP contribution in [0.4, 0.5) is 0 Å². The van der Waals surface area contributed by atoms with Crippen LogP contribution >= 0.6 is 0 Å². The molecule has 0 unspecified atom stereocenters. The van der Waals surface area contributed by atoms with Gasteiger partial charge in [-0.3, -0.25) is 9.55 Å². The average Bonchev–Trinajstić information content (AvgIpc) is 2.61. The number of aromatic nitrogens is 5. The first-order valence-corrected chi connectivity index (χ1v) is 5.73. The van der Waals surface area contributed by atoms with Gasteiger partial charge in [0.15, 0.2) is 5.82 Å². The van der Waals surface area contributed by atoms with Crippen molar-refractivity contribution >= 4 is 10.0 Å². The summed E-state index contributed by atoms with van der Waals surface area (Å²) in [5.74, 6) is 0.289. The Balaban J connectivity index is 2.59. The van der Waals surface area contributed by atoms with Crippen LogP contribution in [0.2, 0.25) is 0 Å². The van der Waals surface area contributed by atoms with Gasteiger partial charge >= 0.3 is 0 Å². The summed E-state index contributed by atoms with van der Waals surface area (Å²) >= 11 is 0. The minimum atomic E-state index is -3.88. The lowest BCUT2D eigenvalue weighted by Gasteiger charge is -2.00. The molecular formula is C7H8N6O2S. The minimum absolute atomic E-state index is 0.289. The molecule has 0 saturated heterocycles. The van der Waals surface area contributed by atoms with Crippen molar-refractivity contribution in [1.82, 2.24) is 24.7 Å². The van der Waals surface area contributed by atoms with E-state index in [-0.39, 0.29) is 11.0 Å². The Bertz CT molecular complexity index is 605. The van der Waals surface area contributed by atoms with Gasteiger partial charge in [-0.1, -0.05) is 0 Å². The highest BCUT2D eigenvalue weighted by atomic mass is 32.2. The van der Waals surface area contributed by atoms with Gasteiger partial charge in [0.25, 0.3) is 15.2 Å². The Morgan fingerprint density at radius 3 is 2.56 bits per heavy atom. The SMILES string of the molecule is Cn1c(-c2cnccn2)nnc1S(N)(=O)=O. The summed E-state index contributed by atoms with van der Waals surface area (Å²) in [6, 6.07) is 0. The molecule has 0 amide bonds. The highest BCUT2D eigenvalue weighted by molar-refractivity contribution is 7.89. The van der Waals surface area contributed by atoms with E-state index < -0.39 is 10.0 Å². The molecule has 0 radical (unpaired) electrons. The van der Waals surface area contributed by atoms with E-state index in [1.807, 2.05) is 0 Å². The van der Waals surface area contributed by atoms with Gasteiger partial charge in [0, 0.05) is 19.4 Å². The Labute approximate surface area is 91.2 Å². The van der Waals surface area contributed by atoms with Gasteiger partial charge in [-0.15, -0.1) is 10.2 Å². The topological polar surface area (TPSA) is 117 Å². The van der Waals surface area contributed by atoms with Crippen molar-refractivity contribution in [3.8, 4) is 11.5 Å². The van der Waals surface area contributed by atoms with Crippen molar-refractivity contribution in [2.24, 2.45) is 12.2 Å². The molecule has 2 aromatic heterocycles. The summed E-state index contributed by atoms with van der Waals surface area (Å²) in [7, 11) is -2.39. The summed E-state index contributed by atoms with van der Waals surface area (Å²) in [6.45, 7) is 0. The molecule has 2 aromatic rings. The number of sulfonamides is 1. The molecule has 0 spiro atoms. The second-order valence-corrected chi connectivity index (χ2v) is 4.46. The molecule has 0 aliphatic heterocycles. The lowest BCUT2D eigenvalue weighted by atomic mass is 10.4. The van der Waals surface area contributed by atoms with Gasteiger partial charge in [-0.2, -0.15) is 0 Å². The van der Waals surface area contributed by atoms with Crippen molar-refractivity contribution in [2.45, 2.75) is 5.16 Å². The Kier molecular flexibility index (Phi) is 2.40. The van der Waals surface area contributed by atoms with Crippen molar-refractivity contribution < 1.29 is 8.42 Å². The number of nitrogens with zero attached hydrogens (tertiary/aromatic N) is 5. The van der Waals surface area contributed by atoms with Gasteiger partial charge in [0.2, 0.25) is 0 Å². The predicted octanol–water partition coefficient (Wildman–Crippen LogP) is -1.08. The van der Waals surface area contributed by atoms with E-state index in [1.54, 1.807) is 0 Å². The summed E-state index contributed by atoms with van der Waals surface area (Å²) in [6.07, 6.45) is 4.43. The van der Waals surface area contributed by atoms with E-state index in [0.29, 0.717) is 5.69 Å². The largest absolute Gasteiger partial charge is 0.299 e. The van der Waals surface area contributed by atoms with Crippen LogP contribution in [0, 0.1) is 0 Å². The van der Waals surface area contributed by atoms with E-state index in [0.717, 1.165) is 0 Å². The van der Waals surface area contributed by atoms with E-state index in [9.17, 15) is 8.42 Å². The Morgan fingerprint density at radius 1 is 1.31 bits per heavy atom. The van der Waals surface area contributed by atoms with Crippen molar-refractivity contribution in [3.63, 3.8) is 0 Å². The highest BCUT2D eigenvalue weighted by Gasteiger charge is 2.19. The molecule has 2 N–H and O–H groups in total. The monoisotopic (exact) mass is 240 g/mol. The van der Waals surface area contributed by atoms with Crippen molar-refractivity contribution in [2.75, 3.05) is 0 Å². The molecule has 0 atom stereocenters. The highest BCUT2D eigenvalue weighted by Crippen LogP contribution is 2.14. The minimum Gasteiger partial charge on any atom is -0.299 e. The number of hydrogen-bond donors (Lipinski definition) is 1. The zero-order valence-corrected chi connectivity index (χ0v) is 9.09. The zero-order chi connectivity index (χ0) is 11.8. The zero-order valence-electron chi connectivity index (χ0n) is 8.27. The van der Waals surface area contributed by atoms with E-state index in [1.165, 1.54) is 30.2 Å². The lowest BCUT2D eigenvalue weighted by Crippen LogP contribution is -2.17. The van der Waals surface area contributed by atoms with Gasteiger partial charge in [-0.05, 0) is 0 Å². The molecule has 0 saturated carbocycles. The van der Waals surface area contributed by atoms with Gasteiger partial charge in [-0.25, -0.2) is 18.5 Å². The number of primary sulfonamides is 1. The maximum Gasteiger partial charge on any atom is 0.273 e. The molecule has 0 aromatic carbocycles. The van der Waals surface area contributed by atoms with Crippen LogP contribution in [0.1, 0.15) is 0 Å². The molecule has 0 bridgehead atoms. The van der Waals surface area contributed by atoms with Crippen LogP contribution in [0.15, 0.2) is 23.7 Å². The molecule has 2 rings (SSSR count). The fraction of sp³-hybridized carbons (Fsp3) is 0.143. The van der Waals surface area contributed by atoms with Crippen LogP contribution in [0.5, 0.6) is 0 Å². The summed E-state index contributed by atoms with van der Waals surface area (Å²) in [4.78, 5) is 7.83. The van der Waals surface area contributed by atoms with Gasteiger partial charge in [0.1, 0.15) is 5.69 Å². The molecule has 0 fully saturated rings. The quantitative estimate of drug-likeness (QED) is 0.713. The first-order chi connectivity index (χ1) is 7.50. The maximum absolute atomic E-state index is 11.1. The van der Waals surface area contributed by atoms with E-state index >= 15 is 0 Å². The summed E-state index contributed by atoms with van der Waals surface area (Å²) in [5.41, 5.74) is 0.424. The molecule has 9 heteroatoms.